The maximum absolute atomic E-state index is 11.8. The number of halogens is 1. The van der Waals surface area contributed by atoms with Crippen molar-refractivity contribution >= 4 is 35.0 Å². The first-order valence-electron chi connectivity index (χ1n) is 5.93. The van der Waals surface area contributed by atoms with Gasteiger partial charge in [0, 0.05) is 23.2 Å². The van der Waals surface area contributed by atoms with Crippen LogP contribution in [0.3, 0.4) is 0 Å². The van der Waals surface area contributed by atoms with Crippen LogP contribution in [0, 0.1) is 0 Å². The van der Waals surface area contributed by atoms with Crippen LogP contribution in [-0.4, -0.2) is 27.7 Å². The molecule has 1 aliphatic rings. The number of benzene rings is 1. The van der Waals surface area contributed by atoms with Gasteiger partial charge in [0.05, 0.1) is 5.02 Å². The highest BCUT2D eigenvalue weighted by atomic mass is 35.5. The van der Waals surface area contributed by atoms with Gasteiger partial charge in [-0.05, 0) is 30.9 Å². The molecule has 1 aromatic heterocycles. The molecule has 2 aromatic rings. The Bertz CT molecular complexity index is 686. The van der Waals surface area contributed by atoms with Crippen molar-refractivity contribution in [2.45, 2.75) is 16.1 Å². The van der Waals surface area contributed by atoms with Gasteiger partial charge >= 0.3 is 0 Å². The lowest BCUT2D eigenvalue weighted by Crippen LogP contribution is -2.23. The lowest BCUT2D eigenvalue weighted by atomic mass is 10.1. The molecule has 2 N–H and O–H groups in total. The first kappa shape index (κ1) is 13.4. The number of hydrogen-bond acceptors (Lipinski definition) is 5. The van der Waals surface area contributed by atoms with Gasteiger partial charge < -0.3 is 15.2 Å². The lowest BCUT2D eigenvalue weighted by molar-refractivity contribution is -0.117. The van der Waals surface area contributed by atoms with E-state index in [4.69, 9.17) is 11.6 Å². The number of hydrogen-bond donors (Lipinski definition) is 2. The predicted octanol–water partition coefficient (Wildman–Crippen LogP) is 1.83. The number of rotatable bonds is 3. The highest BCUT2D eigenvalue weighted by Gasteiger charge is 2.30. The van der Waals surface area contributed by atoms with Crippen molar-refractivity contribution in [3.63, 3.8) is 0 Å². The van der Waals surface area contributed by atoms with Crippen LogP contribution < -0.4 is 10.6 Å². The smallest absolute Gasteiger partial charge is 0.246 e. The van der Waals surface area contributed by atoms with Crippen molar-refractivity contribution in [3.05, 3.63) is 29.0 Å². The number of nitrogens with zero attached hydrogens (tertiary/aromatic N) is 3. The molecule has 1 atom stereocenters. The summed E-state index contributed by atoms with van der Waals surface area (Å²) in [4.78, 5) is 12.6. The van der Waals surface area contributed by atoms with Crippen molar-refractivity contribution in [1.82, 2.24) is 20.1 Å². The molecule has 0 radical (unpaired) electrons. The van der Waals surface area contributed by atoms with Gasteiger partial charge in [-0.3, -0.25) is 4.79 Å². The monoisotopic (exact) mass is 309 g/mol. The van der Waals surface area contributed by atoms with E-state index in [0.29, 0.717) is 5.02 Å². The average Bonchev–Trinajstić information content (AvgIpc) is 2.93. The van der Waals surface area contributed by atoms with Gasteiger partial charge in [-0.15, -0.1) is 10.2 Å². The maximum Gasteiger partial charge on any atom is 0.246 e. The molecule has 2 heterocycles. The Balaban J connectivity index is 1.98. The zero-order valence-electron chi connectivity index (χ0n) is 10.8. The number of carbonyl (C=O) groups excluding carboxylic acids is 1. The second-order valence-corrected chi connectivity index (χ2v) is 5.82. The highest BCUT2D eigenvalue weighted by molar-refractivity contribution is 7.99. The fourth-order valence-corrected chi connectivity index (χ4v) is 3.19. The number of carbonyl (C=O) groups is 1. The van der Waals surface area contributed by atoms with Crippen LogP contribution in [0.25, 0.3) is 0 Å². The summed E-state index contributed by atoms with van der Waals surface area (Å²) in [7, 11) is 3.61. The Labute approximate surface area is 124 Å². The SMILES string of the molecule is CNC1C(=O)Nc2cc(Sc3nncn3C)c(Cl)cc21. The van der Waals surface area contributed by atoms with Crippen LogP contribution in [0.1, 0.15) is 11.6 Å². The quantitative estimate of drug-likeness (QED) is 0.905. The number of likely N-dealkylation sites (N-methyl/N-ethyl adjacent to an activating group) is 1. The van der Waals surface area contributed by atoms with E-state index in [9.17, 15) is 4.79 Å². The van der Waals surface area contributed by atoms with Gasteiger partial charge in [-0.25, -0.2) is 0 Å². The number of anilines is 1. The third-order valence-corrected chi connectivity index (χ3v) is 4.63. The topological polar surface area (TPSA) is 71.8 Å². The van der Waals surface area contributed by atoms with Crippen LogP contribution in [0.15, 0.2) is 28.5 Å². The van der Waals surface area contributed by atoms with Crippen molar-refractivity contribution in [2.75, 3.05) is 12.4 Å². The Morgan fingerprint density at radius 1 is 1.50 bits per heavy atom. The van der Waals surface area contributed by atoms with Crippen LogP contribution in [-0.2, 0) is 11.8 Å². The molecule has 0 fully saturated rings. The number of aromatic nitrogens is 3. The largest absolute Gasteiger partial charge is 0.324 e. The van der Waals surface area contributed by atoms with E-state index in [2.05, 4.69) is 20.8 Å². The number of aryl methyl sites for hydroxylation is 1. The van der Waals surface area contributed by atoms with Gasteiger partial charge in [0.1, 0.15) is 12.4 Å². The second-order valence-electron chi connectivity index (χ2n) is 4.41. The summed E-state index contributed by atoms with van der Waals surface area (Å²) in [5, 5.41) is 15.0. The van der Waals surface area contributed by atoms with Gasteiger partial charge in [0.2, 0.25) is 5.91 Å². The van der Waals surface area contributed by atoms with E-state index in [1.807, 2.05) is 23.7 Å². The lowest BCUT2D eigenvalue weighted by Gasteiger charge is -2.09. The molecular formula is C12H12ClN5OS. The molecule has 1 amide bonds. The molecule has 20 heavy (non-hydrogen) atoms. The molecule has 0 bridgehead atoms. The van der Waals surface area contributed by atoms with E-state index in [1.54, 1.807) is 13.4 Å². The Kier molecular flexibility index (Phi) is 3.41. The summed E-state index contributed by atoms with van der Waals surface area (Å²) < 4.78 is 1.81. The second kappa shape index (κ2) is 5.08. The van der Waals surface area contributed by atoms with Gasteiger partial charge in [0.25, 0.3) is 0 Å². The van der Waals surface area contributed by atoms with Crippen molar-refractivity contribution in [3.8, 4) is 0 Å². The third-order valence-electron chi connectivity index (χ3n) is 3.09. The van der Waals surface area contributed by atoms with E-state index >= 15 is 0 Å². The van der Waals surface area contributed by atoms with E-state index < -0.39 is 0 Å². The molecular weight excluding hydrogens is 298 g/mol. The van der Waals surface area contributed by atoms with Crippen LogP contribution in [0.4, 0.5) is 5.69 Å². The first-order chi connectivity index (χ1) is 9.60. The van der Waals surface area contributed by atoms with Crippen LogP contribution >= 0.6 is 23.4 Å². The standard InChI is InChI=1S/C12H12ClN5OS/c1-14-10-6-3-7(13)9(4-8(6)16-11(10)19)20-12-17-15-5-18(12)2/h3-5,10,14H,1-2H3,(H,16,19). The summed E-state index contributed by atoms with van der Waals surface area (Å²) in [5.74, 6) is -0.0700. The zero-order chi connectivity index (χ0) is 14.3. The Hall–Kier alpha value is -1.57. The predicted molar refractivity (Wildman–Crippen MR) is 77.0 cm³/mol. The van der Waals surface area contributed by atoms with Gasteiger partial charge in [0.15, 0.2) is 5.16 Å². The summed E-state index contributed by atoms with van der Waals surface area (Å²) in [6, 6.07) is 3.33. The maximum atomic E-state index is 11.8. The molecule has 0 saturated carbocycles. The molecule has 0 saturated heterocycles. The van der Waals surface area contributed by atoms with Crippen molar-refractivity contribution in [2.24, 2.45) is 7.05 Å². The Morgan fingerprint density at radius 2 is 2.30 bits per heavy atom. The van der Waals surface area contributed by atoms with E-state index in [-0.39, 0.29) is 11.9 Å². The summed E-state index contributed by atoms with van der Waals surface area (Å²) in [6.45, 7) is 0. The number of amides is 1. The number of fused-ring (bicyclic) bond motifs is 1. The minimum Gasteiger partial charge on any atom is -0.324 e. The molecule has 104 valence electrons. The highest BCUT2D eigenvalue weighted by Crippen LogP contribution is 2.40. The number of nitrogens with one attached hydrogen (secondary N) is 2. The third kappa shape index (κ3) is 2.17. The normalized spacial score (nSPS) is 17.1. The molecule has 0 spiro atoms. The zero-order valence-corrected chi connectivity index (χ0v) is 12.4. The molecule has 1 aliphatic heterocycles. The van der Waals surface area contributed by atoms with Crippen molar-refractivity contribution < 1.29 is 4.79 Å². The summed E-state index contributed by atoms with van der Waals surface area (Å²) in [5.41, 5.74) is 1.65. The minimum atomic E-state index is -0.351. The summed E-state index contributed by atoms with van der Waals surface area (Å²) in [6.07, 6.45) is 1.63. The Morgan fingerprint density at radius 3 is 2.95 bits per heavy atom. The van der Waals surface area contributed by atoms with Crippen molar-refractivity contribution in [1.29, 1.82) is 0 Å². The van der Waals surface area contributed by atoms with E-state index in [0.717, 1.165) is 21.3 Å². The van der Waals surface area contributed by atoms with Crippen LogP contribution in [0.2, 0.25) is 5.02 Å². The average molecular weight is 310 g/mol. The summed E-state index contributed by atoms with van der Waals surface area (Å²) >= 11 is 7.71. The van der Waals surface area contributed by atoms with Gasteiger partial charge in [-0.2, -0.15) is 0 Å². The van der Waals surface area contributed by atoms with Crippen LogP contribution in [0.5, 0.6) is 0 Å². The van der Waals surface area contributed by atoms with Gasteiger partial charge in [-0.1, -0.05) is 11.6 Å². The molecule has 1 aromatic carbocycles. The molecule has 3 rings (SSSR count). The fraction of sp³-hybridized carbons (Fsp3) is 0.250. The molecule has 6 nitrogen and oxygen atoms in total. The van der Waals surface area contributed by atoms with E-state index in [1.165, 1.54) is 11.8 Å². The minimum absolute atomic E-state index is 0.0700. The molecule has 0 aliphatic carbocycles. The fourth-order valence-electron chi connectivity index (χ4n) is 2.09. The molecule has 1 unspecified atom stereocenters. The molecule has 8 heteroatoms. The first-order valence-corrected chi connectivity index (χ1v) is 7.13.